The van der Waals surface area contributed by atoms with Crippen molar-refractivity contribution in [2.75, 3.05) is 20.2 Å². The summed E-state index contributed by atoms with van der Waals surface area (Å²) in [5.74, 6) is -0.636. The molecule has 0 aliphatic carbocycles. The number of nitrogens with zero attached hydrogens (tertiary/aromatic N) is 1. The van der Waals surface area contributed by atoms with E-state index in [2.05, 4.69) is 0 Å². The van der Waals surface area contributed by atoms with Gasteiger partial charge in [-0.2, -0.15) is 4.31 Å². The number of nitrogens with two attached hydrogens (primary N) is 1. The second-order valence-corrected chi connectivity index (χ2v) is 8.09. The van der Waals surface area contributed by atoms with Crippen LogP contribution in [0.2, 0.25) is 0 Å². The molecule has 3 rings (SSSR count). The molecule has 1 aromatic carbocycles. The van der Waals surface area contributed by atoms with E-state index in [1.807, 2.05) is 6.07 Å². The maximum Gasteiger partial charge on any atom is 0.349 e. The molecular weight excluding hydrogens is 360 g/mol. The molecule has 1 aliphatic rings. The van der Waals surface area contributed by atoms with Gasteiger partial charge in [-0.1, -0.05) is 18.2 Å². The first kappa shape index (κ1) is 18.2. The summed E-state index contributed by atoms with van der Waals surface area (Å²) in [6, 6.07) is 6.90. The lowest BCUT2D eigenvalue weighted by Crippen LogP contribution is -2.32. The highest BCUT2D eigenvalue weighted by Gasteiger charge is 2.36. The van der Waals surface area contributed by atoms with Crippen LogP contribution in [0.3, 0.4) is 0 Å². The predicted octanol–water partition coefficient (Wildman–Crippen LogP) is 1.83. The second-order valence-electron chi connectivity index (χ2n) is 5.16. The fourth-order valence-corrected chi connectivity index (χ4v) is 5.89. The largest absolute Gasteiger partial charge is 0.465 e. The van der Waals surface area contributed by atoms with E-state index in [0.717, 1.165) is 16.0 Å². The molecule has 1 fully saturated rings. The molecule has 9 heteroatoms. The first-order chi connectivity index (χ1) is 10.4. The van der Waals surface area contributed by atoms with Crippen molar-refractivity contribution in [2.45, 2.75) is 17.4 Å². The summed E-state index contributed by atoms with van der Waals surface area (Å²) in [5.41, 5.74) is 5.82. The van der Waals surface area contributed by atoms with Gasteiger partial charge in [-0.3, -0.25) is 0 Å². The molecule has 1 aliphatic heterocycles. The number of ether oxygens (including phenoxy) is 1. The number of benzene rings is 1. The monoisotopic (exact) mass is 376 g/mol. The molecule has 126 valence electrons. The van der Waals surface area contributed by atoms with E-state index < -0.39 is 16.0 Å². The average molecular weight is 377 g/mol. The van der Waals surface area contributed by atoms with E-state index in [1.54, 1.807) is 18.2 Å². The summed E-state index contributed by atoms with van der Waals surface area (Å²) < 4.78 is 32.8. The van der Waals surface area contributed by atoms with Crippen molar-refractivity contribution in [1.82, 2.24) is 4.31 Å². The average Bonchev–Trinajstić information content (AvgIpc) is 3.10. The summed E-state index contributed by atoms with van der Waals surface area (Å²) in [7, 11) is -2.53. The fraction of sp³-hybridized carbons (Fsp3) is 0.357. The van der Waals surface area contributed by atoms with Gasteiger partial charge in [-0.25, -0.2) is 13.2 Å². The molecule has 1 aromatic heterocycles. The second kappa shape index (κ2) is 6.74. The third-order valence-corrected chi connectivity index (χ3v) is 6.94. The van der Waals surface area contributed by atoms with Gasteiger partial charge < -0.3 is 10.5 Å². The zero-order valence-electron chi connectivity index (χ0n) is 12.4. The third kappa shape index (κ3) is 3.09. The van der Waals surface area contributed by atoms with E-state index in [-0.39, 0.29) is 34.8 Å². The number of halogens is 1. The zero-order valence-corrected chi connectivity index (χ0v) is 14.8. The fourth-order valence-electron chi connectivity index (χ4n) is 2.61. The molecule has 0 spiro atoms. The highest BCUT2D eigenvalue weighted by atomic mass is 35.5. The molecule has 0 unspecified atom stereocenters. The first-order valence-electron chi connectivity index (χ1n) is 6.80. The molecular formula is C14H17ClN2O4S2. The predicted molar refractivity (Wildman–Crippen MR) is 91.8 cm³/mol. The number of sulfonamides is 1. The van der Waals surface area contributed by atoms with Crippen molar-refractivity contribution in [2.24, 2.45) is 5.73 Å². The quantitative estimate of drug-likeness (QED) is 0.825. The number of carbonyl (C=O) groups excluding carboxylic acids is 1. The lowest BCUT2D eigenvalue weighted by Gasteiger charge is -2.16. The van der Waals surface area contributed by atoms with Crippen molar-refractivity contribution < 1.29 is 17.9 Å². The summed E-state index contributed by atoms with van der Waals surface area (Å²) in [4.78, 5) is 12.2. The Morgan fingerprint density at radius 1 is 1.39 bits per heavy atom. The maximum absolute atomic E-state index is 13.0. The van der Waals surface area contributed by atoms with Gasteiger partial charge in [0.2, 0.25) is 10.0 Å². The number of esters is 1. The number of rotatable bonds is 3. The zero-order chi connectivity index (χ0) is 15.9. The van der Waals surface area contributed by atoms with Crippen LogP contribution in [-0.2, 0) is 14.8 Å². The molecule has 0 saturated carbocycles. The molecule has 1 atom stereocenters. The molecule has 2 aromatic rings. The molecule has 2 heterocycles. The van der Waals surface area contributed by atoms with Crippen LogP contribution in [-0.4, -0.2) is 44.9 Å². The van der Waals surface area contributed by atoms with Crippen LogP contribution in [0.1, 0.15) is 16.1 Å². The molecule has 6 nitrogen and oxygen atoms in total. The third-order valence-electron chi connectivity index (χ3n) is 3.71. The Morgan fingerprint density at radius 3 is 2.70 bits per heavy atom. The van der Waals surface area contributed by atoms with E-state index in [4.69, 9.17) is 10.5 Å². The van der Waals surface area contributed by atoms with Crippen LogP contribution < -0.4 is 5.73 Å². The van der Waals surface area contributed by atoms with Crippen LogP contribution in [0.5, 0.6) is 0 Å². The molecule has 0 radical (unpaired) electrons. The van der Waals surface area contributed by atoms with Gasteiger partial charge in [-0.05, 0) is 12.5 Å². The summed E-state index contributed by atoms with van der Waals surface area (Å²) in [6.45, 7) is 0.640. The van der Waals surface area contributed by atoms with Gasteiger partial charge >= 0.3 is 5.97 Å². The minimum atomic E-state index is -3.78. The number of hydrogen-bond donors (Lipinski definition) is 1. The molecule has 0 amide bonds. The summed E-state index contributed by atoms with van der Waals surface area (Å²) in [5, 5.41) is 0.549. The van der Waals surface area contributed by atoms with Crippen molar-refractivity contribution in [3.05, 3.63) is 29.1 Å². The van der Waals surface area contributed by atoms with E-state index in [1.165, 1.54) is 11.4 Å². The van der Waals surface area contributed by atoms with Crippen LogP contribution in [0.15, 0.2) is 29.2 Å². The van der Waals surface area contributed by atoms with Crippen LogP contribution in [0, 0.1) is 0 Å². The smallest absolute Gasteiger partial charge is 0.349 e. The van der Waals surface area contributed by atoms with Crippen molar-refractivity contribution in [3.63, 3.8) is 0 Å². The van der Waals surface area contributed by atoms with Crippen molar-refractivity contribution >= 4 is 49.8 Å². The molecule has 0 bridgehead atoms. The molecule has 23 heavy (non-hydrogen) atoms. The standard InChI is InChI=1S/C14H16N2O4S2.ClH/c1-20-14(17)12-13(10-4-2-3-5-11(10)21-12)22(18,19)16-7-6-9(15)8-16;/h2-5,9H,6-8,15H2,1H3;1H/t9-;/m1./s1. The minimum Gasteiger partial charge on any atom is -0.465 e. The van der Waals surface area contributed by atoms with Crippen LogP contribution >= 0.6 is 23.7 Å². The highest BCUT2D eigenvalue weighted by molar-refractivity contribution is 7.89. The van der Waals surface area contributed by atoms with E-state index in [9.17, 15) is 13.2 Å². The Balaban J connectivity index is 0.00000192. The number of hydrogen-bond acceptors (Lipinski definition) is 6. The minimum absolute atomic E-state index is 0. The summed E-state index contributed by atoms with van der Waals surface area (Å²) >= 11 is 1.13. The summed E-state index contributed by atoms with van der Waals surface area (Å²) in [6.07, 6.45) is 0.620. The first-order valence-corrected chi connectivity index (χ1v) is 9.06. The lowest BCUT2D eigenvalue weighted by molar-refractivity contribution is 0.0602. The highest BCUT2D eigenvalue weighted by Crippen LogP contribution is 2.37. The van der Waals surface area contributed by atoms with E-state index >= 15 is 0 Å². The molecule has 2 N–H and O–H groups in total. The van der Waals surface area contributed by atoms with Gasteiger partial charge in [0.15, 0.2) is 0 Å². The topological polar surface area (TPSA) is 89.7 Å². The number of thiophene rings is 1. The normalized spacial score (nSPS) is 18.8. The van der Waals surface area contributed by atoms with Gasteiger partial charge in [0.1, 0.15) is 9.77 Å². The Bertz CT molecular complexity index is 834. The number of carbonyl (C=O) groups is 1. The maximum atomic E-state index is 13.0. The number of methoxy groups -OCH3 is 1. The lowest BCUT2D eigenvalue weighted by atomic mass is 10.2. The SMILES string of the molecule is COC(=O)c1sc2ccccc2c1S(=O)(=O)N1CC[C@@H](N)C1.Cl. The van der Waals surface area contributed by atoms with Crippen molar-refractivity contribution in [1.29, 1.82) is 0 Å². The Labute approximate surface area is 144 Å². The van der Waals surface area contributed by atoms with Gasteiger partial charge in [0.25, 0.3) is 0 Å². The van der Waals surface area contributed by atoms with E-state index in [0.29, 0.717) is 18.4 Å². The Morgan fingerprint density at radius 2 is 2.09 bits per heavy atom. The Hall–Kier alpha value is -1.19. The Kier molecular flexibility index (Phi) is 5.32. The van der Waals surface area contributed by atoms with Crippen LogP contribution in [0.4, 0.5) is 0 Å². The van der Waals surface area contributed by atoms with Gasteiger partial charge in [0, 0.05) is 29.2 Å². The van der Waals surface area contributed by atoms with Gasteiger partial charge in [-0.15, -0.1) is 23.7 Å². The number of fused-ring (bicyclic) bond motifs is 1. The molecule has 1 saturated heterocycles. The van der Waals surface area contributed by atoms with Crippen molar-refractivity contribution in [3.8, 4) is 0 Å². The van der Waals surface area contributed by atoms with Crippen LogP contribution in [0.25, 0.3) is 10.1 Å². The van der Waals surface area contributed by atoms with Gasteiger partial charge in [0.05, 0.1) is 7.11 Å².